The second kappa shape index (κ2) is 6.16. The minimum atomic E-state index is -0.211. The molecule has 0 unspecified atom stereocenters. The molecule has 0 N–H and O–H groups in total. The lowest BCUT2D eigenvalue weighted by Gasteiger charge is -2.24. The van der Waals surface area contributed by atoms with Crippen molar-refractivity contribution in [1.82, 2.24) is 4.98 Å². The van der Waals surface area contributed by atoms with Gasteiger partial charge in [0.25, 0.3) is 0 Å². The summed E-state index contributed by atoms with van der Waals surface area (Å²) in [5.41, 5.74) is 0.824. The Labute approximate surface area is 144 Å². The van der Waals surface area contributed by atoms with Crippen LogP contribution in [0.2, 0.25) is 10.0 Å². The van der Waals surface area contributed by atoms with Crippen LogP contribution in [0.5, 0.6) is 0 Å². The first kappa shape index (κ1) is 15.2. The molecule has 1 fully saturated rings. The molecule has 108 valence electrons. The van der Waals surface area contributed by atoms with Gasteiger partial charge in [-0.05, 0) is 34.1 Å². The van der Waals surface area contributed by atoms with Crippen molar-refractivity contribution in [3.8, 4) is 0 Å². The summed E-state index contributed by atoms with van der Waals surface area (Å²) < 4.78 is 0.864. The summed E-state index contributed by atoms with van der Waals surface area (Å²) in [7, 11) is 0. The molecule has 0 spiro atoms. The van der Waals surface area contributed by atoms with Gasteiger partial charge in [-0.15, -0.1) is 11.8 Å². The first-order valence-corrected chi connectivity index (χ1v) is 8.67. The van der Waals surface area contributed by atoms with Crippen LogP contribution >= 0.6 is 50.9 Å². The second-order valence-corrected chi connectivity index (χ2v) is 7.17. The molecule has 7 heteroatoms. The van der Waals surface area contributed by atoms with E-state index in [1.54, 1.807) is 23.2 Å². The van der Waals surface area contributed by atoms with Crippen molar-refractivity contribution in [2.75, 3.05) is 10.7 Å². The molecule has 3 nitrogen and oxygen atoms in total. The van der Waals surface area contributed by atoms with E-state index >= 15 is 0 Å². The number of thioether (sulfide) groups is 1. The number of amides is 1. The average Bonchev–Trinajstić information content (AvgIpc) is 2.85. The van der Waals surface area contributed by atoms with E-state index in [4.69, 9.17) is 23.2 Å². The van der Waals surface area contributed by atoms with Crippen LogP contribution in [0.3, 0.4) is 0 Å². The Balaban J connectivity index is 2.03. The smallest absolute Gasteiger partial charge is 0.239 e. The third-order valence-corrected chi connectivity index (χ3v) is 5.57. The van der Waals surface area contributed by atoms with Gasteiger partial charge in [0, 0.05) is 16.2 Å². The molecule has 0 radical (unpaired) electrons. The Hall–Kier alpha value is -0.750. The third kappa shape index (κ3) is 2.93. The van der Waals surface area contributed by atoms with E-state index in [9.17, 15) is 4.79 Å². The molecule has 1 amide bonds. The van der Waals surface area contributed by atoms with Gasteiger partial charge in [-0.25, -0.2) is 4.98 Å². The molecule has 1 aliphatic heterocycles. The quantitative estimate of drug-likeness (QED) is 0.712. The molecule has 1 atom stereocenters. The van der Waals surface area contributed by atoms with Crippen molar-refractivity contribution in [1.29, 1.82) is 0 Å². The standard InChI is InChI=1S/C14H9BrCl2N2OS/c15-8-4-5-11(18-6-8)19-12(20)7-21-14(19)9-2-1-3-10(16)13(9)17/h1-6,14H,7H2/t14-/m1/s1. The van der Waals surface area contributed by atoms with Crippen molar-refractivity contribution in [3.63, 3.8) is 0 Å². The zero-order chi connectivity index (χ0) is 15.0. The normalized spacial score (nSPS) is 18.3. The van der Waals surface area contributed by atoms with E-state index < -0.39 is 0 Å². The molecule has 1 aromatic carbocycles. The minimum Gasteiger partial charge on any atom is -0.279 e. The van der Waals surface area contributed by atoms with Crippen LogP contribution in [0.4, 0.5) is 5.82 Å². The lowest BCUT2D eigenvalue weighted by molar-refractivity contribution is -0.115. The predicted molar refractivity (Wildman–Crippen MR) is 91.1 cm³/mol. The Morgan fingerprint density at radius 3 is 2.81 bits per heavy atom. The number of rotatable bonds is 2. The molecule has 1 aromatic heterocycles. The number of carbonyl (C=O) groups excluding carboxylic acids is 1. The van der Waals surface area contributed by atoms with Gasteiger partial charge in [0.05, 0.1) is 15.8 Å². The summed E-state index contributed by atoms with van der Waals surface area (Å²) in [6, 6.07) is 9.11. The van der Waals surface area contributed by atoms with Gasteiger partial charge >= 0.3 is 0 Å². The summed E-state index contributed by atoms with van der Waals surface area (Å²) >= 11 is 17.2. The maximum absolute atomic E-state index is 12.2. The number of anilines is 1. The maximum atomic E-state index is 12.2. The van der Waals surface area contributed by atoms with Gasteiger partial charge in [0.15, 0.2) is 0 Å². The summed E-state index contributed by atoms with van der Waals surface area (Å²) in [5, 5.41) is 0.753. The van der Waals surface area contributed by atoms with Crippen LogP contribution in [0.25, 0.3) is 0 Å². The fraction of sp³-hybridized carbons (Fsp3) is 0.143. The Kier molecular flexibility index (Phi) is 4.45. The number of hydrogen-bond donors (Lipinski definition) is 0. The summed E-state index contributed by atoms with van der Waals surface area (Å²) in [6.07, 6.45) is 1.67. The molecule has 1 saturated heterocycles. The number of benzene rings is 1. The van der Waals surface area contributed by atoms with Crippen molar-refractivity contribution in [2.24, 2.45) is 0 Å². The summed E-state index contributed by atoms with van der Waals surface area (Å²) in [5.74, 6) is 1.01. The van der Waals surface area contributed by atoms with Gasteiger partial charge in [0.1, 0.15) is 11.2 Å². The fourth-order valence-electron chi connectivity index (χ4n) is 2.12. The number of halogens is 3. The third-order valence-electron chi connectivity index (χ3n) is 3.07. The van der Waals surface area contributed by atoms with E-state index in [0.29, 0.717) is 21.6 Å². The van der Waals surface area contributed by atoms with E-state index in [2.05, 4.69) is 20.9 Å². The van der Waals surface area contributed by atoms with E-state index in [1.807, 2.05) is 18.2 Å². The Morgan fingerprint density at radius 1 is 1.29 bits per heavy atom. The number of aromatic nitrogens is 1. The van der Waals surface area contributed by atoms with E-state index in [0.717, 1.165) is 10.0 Å². The molecule has 0 aliphatic carbocycles. The molecule has 0 bridgehead atoms. The fourth-order valence-corrected chi connectivity index (χ4v) is 4.02. The topological polar surface area (TPSA) is 33.2 Å². The second-order valence-electron chi connectivity index (χ2n) is 4.40. The predicted octanol–water partition coefficient (Wildman–Crippen LogP) is 4.93. The highest BCUT2D eigenvalue weighted by Crippen LogP contribution is 2.44. The van der Waals surface area contributed by atoms with Crippen molar-refractivity contribution in [2.45, 2.75) is 5.37 Å². The Bertz CT molecular complexity index is 696. The van der Waals surface area contributed by atoms with Crippen molar-refractivity contribution >= 4 is 62.6 Å². The van der Waals surface area contributed by atoms with Gasteiger partial charge in [-0.2, -0.15) is 0 Å². The highest BCUT2D eigenvalue weighted by molar-refractivity contribution is 9.10. The largest absolute Gasteiger partial charge is 0.279 e. The lowest BCUT2D eigenvalue weighted by Crippen LogP contribution is -2.28. The number of pyridine rings is 1. The molecule has 0 saturated carbocycles. The zero-order valence-corrected chi connectivity index (χ0v) is 14.5. The van der Waals surface area contributed by atoms with Crippen LogP contribution in [0, 0.1) is 0 Å². The van der Waals surface area contributed by atoms with Crippen LogP contribution < -0.4 is 4.90 Å². The number of carbonyl (C=O) groups is 1. The van der Waals surface area contributed by atoms with E-state index in [-0.39, 0.29) is 11.3 Å². The van der Waals surface area contributed by atoms with Crippen molar-refractivity contribution in [3.05, 3.63) is 56.6 Å². The van der Waals surface area contributed by atoms with E-state index in [1.165, 1.54) is 11.8 Å². The molecule has 2 aromatic rings. The molecule has 1 aliphatic rings. The van der Waals surface area contributed by atoms with Crippen LogP contribution in [-0.2, 0) is 4.79 Å². The van der Waals surface area contributed by atoms with Crippen molar-refractivity contribution < 1.29 is 4.79 Å². The zero-order valence-electron chi connectivity index (χ0n) is 10.6. The van der Waals surface area contributed by atoms with Gasteiger partial charge in [0.2, 0.25) is 5.91 Å². The van der Waals surface area contributed by atoms with Gasteiger partial charge in [-0.3, -0.25) is 9.69 Å². The first-order valence-electron chi connectivity index (χ1n) is 6.07. The Morgan fingerprint density at radius 2 is 2.10 bits per heavy atom. The average molecular weight is 404 g/mol. The lowest BCUT2D eigenvalue weighted by atomic mass is 10.2. The summed E-state index contributed by atoms with van der Waals surface area (Å²) in [6.45, 7) is 0. The SMILES string of the molecule is O=C1CS[C@H](c2cccc(Cl)c2Cl)N1c1ccc(Br)cn1. The summed E-state index contributed by atoms with van der Waals surface area (Å²) in [4.78, 5) is 18.2. The highest BCUT2D eigenvalue weighted by Gasteiger charge is 2.36. The highest BCUT2D eigenvalue weighted by atomic mass is 79.9. The minimum absolute atomic E-state index is 0.0101. The molecular formula is C14H9BrCl2N2OS. The van der Waals surface area contributed by atoms with Crippen LogP contribution in [0.1, 0.15) is 10.9 Å². The molecule has 2 heterocycles. The number of hydrogen-bond acceptors (Lipinski definition) is 3. The molecule has 3 rings (SSSR count). The monoisotopic (exact) mass is 402 g/mol. The first-order chi connectivity index (χ1) is 10.1. The number of nitrogens with zero attached hydrogens (tertiary/aromatic N) is 2. The molecular weight excluding hydrogens is 395 g/mol. The van der Waals surface area contributed by atoms with Gasteiger partial charge < -0.3 is 0 Å². The van der Waals surface area contributed by atoms with Crippen LogP contribution in [0.15, 0.2) is 41.0 Å². The maximum Gasteiger partial charge on any atom is 0.239 e. The van der Waals surface area contributed by atoms with Gasteiger partial charge in [-0.1, -0.05) is 35.3 Å². The molecule has 21 heavy (non-hydrogen) atoms. The van der Waals surface area contributed by atoms with Crippen LogP contribution in [-0.4, -0.2) is 16.6 Å².